The van der Waals surface area contributed by atoms with Gasteiger partial charge in [0.15, 0.2) is 0 Å². The molecule has 2 heterocycles. The van der Waals surface area contributed by atoms with Crippen LogP contribution in [0, 0.1) is 0 Å². The van der Waals surface area contributed by atoms with Gasteiger partial charge in [-0.05, 0) is 123 Å². The van der Waals surface area contributed by atoms with Gasteiger partial charge in [-0.2, -0.15) is 0 Å². The number of aromatic nitrogens is 2. The van der Waals surface area contributed by atoms with Crippen LogP contribution in [-0.2, 0) is 0 Å². The van der Waals surface area contributed by atoms with Crippen LogP contribution in [0.1, 0.15) is 0 Å². The van der Waals surface area contributed by atoms with Crippen molar-refractivity contribution in [1.29, 1.82) is 0 Å². The Morgan fingerprint density at radius 2 is 0.687 bits per heavy atom. The van der Waals surface area contributed by atoms with Gasteiger partial charge in [0.2, 0.25) is 0 Å². The highest BCUT2D eigenvalue weighted by Gasteiger charge is 2.21. The second-order valence-corrected chi connectivity index (χ2v) is 17.3. The number of benzene rings is 11. The molecule has 0 radical (unpaired) electrons. The molecule has 0 aliphatic heterocycles. The van der Waals surface area contributed by atoms with Crippen molar-refractivity contribution in [3.63, 3.8) is 0 Å². The first-order valence-corrected chi connectivity index (χ1v) is 23.0. The molecule has 11 aromatic carbocycles. The molecular weight excluding hydrogens is 811 g/mol. The van der Waals surface area contributed by atoms with Crippen molar-refractivity contribution in [3.05, 3.63) is 261 Å². The lowest BCUT2D eigenvalue weighted by Crippen LogP contribution is -2.09. The maximum absolute atomic E-state index is 2.47. The number of anilines is 3. The van der Waals surface area contributed by atoms with Crippen molar-refractivity contribution >= 4 is 71.4 Å². The molecule has 0 N–H and O–H groups in total. The highest BCUT2D eigenvalue weighted by atomic mass is 15.1. The molecule has 0 saturated carbocycles. The average molecular weight is 854 g/mol. The Morgan fingerprint density at radius 3 is 1.25 bits per heavy atom. The molecule has 314 valence electrons. The lowest BCUT2D eigenvalue weighted by atomic mass is 10.0. The van der Waals surface area contributed by atoms with Crippen LogP contribution < -0.4 is 4.90 Å². The molecular formula is C64H43N3. The molecule has 0 atom stereocenters. The quantitative estimate of drug-likeness (QED) is 0.148. The molecule has 0 saturated heterocycles. The lowest BCUT2D eigenvalue weighted by Gasteiger charge is -2.26. The van der Waals surface area contributed by atoms with Gasteiger partial charge in [0, 0.05) is 50.0 Å². The Labute approximate surface area is 389 Å². The van der Waals surface area contributed by atoms with Gasteiger partial charge < -0.3 is 14.0 Å². The standard InChI is InChI=1S/C64H43N3/c1-3-13-44(14-4-1)47-23-32-52(33-24-47)65(53-34-25-48(26-35-53)45-15-5-2-6-16-45)54-36-27-49(28-37-54)50-29-38-55(39-30-50)67-60-21-11-9-19-57(60)58-41-42-62-63(64(58)67)59-20-10-12-22-61(59)66(62)56-40-31-46-17-7-8-18-51(46)43-56/h1-43H. The van der Waals surface area contributed by atoms with E-state index in [9.17, 15) is 0 Å². The number of hydrogen-bond acceptors (Lipinski definition) is 1. The van der Waals surface area contributed by atoms with Crippen LogP contribution in [0.2, 0.25) is 0 Å². The minimum absolute atomic E-state index is 1.09. The maximum atomic E-state index is 2.47. The third-order valence-electron chi connectivity index (χ3n) is 13.5. The van der Waals surface area contributed by atoms with Crippen LogP contribution in [0.5, 0.6) is 0 Å². The fraction of sp³-hybridized carbons (Fsp3) is 0. The van der Waals surface area contributed by atoms with E-state index in [2.05, 4.69) is 275 Å². The zero-order valence-electron chi connectivity index (χ0n) is 36.7. The normalized spacial score (nSPS) is 11.6. The molecule has 0 spiro atoms. The van der Waals surface area contributed by atoms with Crippen LogP contribution in [0.3, 0.4) is 0 Å². The molecule has 0 bridgehead atoms. The van der Waals surface area contributed by atoms with Crippen LogP contribution in [0.4, 0.5) is 17.1 Å². The highest BCUT2D eigenvalue weighted by molar-refractivity contribution is 6.26. The van der Waals surface area contributed by atoms with Gasteiger partial charge in [0.1, 0.15) is 0 Å². The van der Waals surface area contributed by atoms with Crippen LogP contribution in [0.25, 0.3) is 99.1 Å². The second kappa shape index (κ2) is 16.0. The third kappa shape index (κ3) is 6.59. The summed E-state index contributed by atoms with van der Waals surface area (Å²) in [6.07, 6.45) is 0. The largest absolute Gasteiger partial charge is 0.311 e. The molecule has 0 aliphatic carbocycles. The van der Waals surface area contributed by atoms with Gasteiger partial charge in [-0.15, -0.1) is 0 Å². The summed E-state index contributed by atoms with van der Waals surface area (Å²) < 4.78 is 4.91. The van der Waals surface area contributed by atoms with E-state index in [1.807, 2.05) is 0 Å². The summed E-state index contributed by atoms with van der Waals surface area (Å²) in [5.74, 6) is 0. The molecule has 13 aromatic rings. The topological polar surface area (TPSA) is 13.1 Å². The monoisotopic (exact) mass is 853 g/mol. The Morgan fingerprint density at radius 1 is 0.254 bits per heavy atom. The van der Waals surface area contributed by atoms with Crippen molar-refractivity contribution in [2.45, 2.75) is 0 Å². The zero-order valence-corrected chi connectivity index (χ0v) is 36.7. The van der Waals surface area contributed by atoms with Gasteiger partial charge in [-0.25, -0.2) is 0 Å². The summed E-state index contributed by atoms with van der Waals surface area (Å²) in [5.41, 5.74) is 17.5. The Hall–Kier alpha value is -8.92. The fourth-order valence-electron chi connectivity index (χ4n) is 10.3. The first-order valence-electron chi connectivity index (χ1n) is 23.0. The maximum Gasteiger partial charge on any atom is 0.0641 e. The van der Waals surface area contributed by atoms with Crippen molar-refractivity contribution in [3.8, 4) is 44.8 Å². The molecule has 0 aliphatic rings. The van der Waals surface area contributed by atoms with Gasteiger partial charge in [-0.3, -0.25) is 0 Å². The number of rotatable bonds is 8. The highest BCUT2D eigenvalue weighted by Crippen LogP contribution is 2.43. The van der Waals surface area contributed by atoms with E-state index in [4.69, 9.17) is 0 Å². The first kappa shape index (κ1) is 38.5. The number of para-hydroxylation sites is 2. The molecule has 0 amide bonds. The Bertz CT molecular complexity index is 3840. The van der Waals surface area contributed by atoms with E-state index in [-0.39, 0.29) is 0 Å². The van der Waals surface area contributed by atoms with Crippen LogP contribution >= 0.6 is 0 Å². The Balaban J connectivity index is 0.892. The fourth-order valence-corrected chi connectivity index (χ4v) is 10.3. The van der Waals surface area contributed by atoms with E-state index in [0.717, 1.165) is 34.0 Å². The molecule has 13 rings (SSSR count). The minimum atomic E-state index is 1.09. The third-order valence-corrected chi connectivity index (χ3v) is 13.5. The van der Waals surface area contributed by atoms with Crippen molar-refractivity contribution < 1.29 is 0 Å². The smallest absolute Gasteiger partial charge is 0.0641 e. The lowest BCUT2D eigenvalue weighted by molar-refractivity contribution is 1.18. The van der Waals surface area contributed by atoms with Gasteiger partial charge in [-0.1, -0.05) is 182 Å². The number of hydrogen-bond donors (Lipinski definition) is 0. The summed E-state index contributed by atoms with van der Waals surface area (Å²) in [5, 5.41) is 7.46. The predicted molar refractivity (Wildman–Crippen MR) is 284 cm³/mol. The zero-order chi connectivity index (χ0) is 44.3. The Kier molecular flexibility index (Phi) is 9.17. The molecule has 67 heavy (non-hydrogen) atoms. The minimum Gasteiger partial charge on any atom is -0.311 e. The van der Waals surface area contributed by atoms with Crippen LogP contribution in [0.15, 0.2) is 261 Å². The summed E-state index contributed by atoms with van der Waals surface area (Å²) in [6, 6.07) is 94.8. The molecule has 2 aromatic heterocycles. The van der Waals surface area contributed by atoms with Gasteiger partial charge >= 0.3 is 0 Å². The SMILES string of the molecule is c1ccc(-c2ccc(N(c3ccc(-c4ccccc4)cc3)c3ccc(-c4ccc(-n5c6ccccc6c6ccc7c(c8ccccc8n7-c7ccc8ccccc8c7)c65)cc4)cc3)cc2)cc1. The van der Waals surface area contributed by atoms with E-state index in [1.54, 1.807) is 0 Å². The van der Waals surface area contributed by atoms with E-state index in [1.165, 1.54) is 82.2 Å². The molecule has 0 fully saturated rings. The van der Waals surface area contributed by atoms with Crippen molar-refractivity contribution in [2.24, 2.45) is 0 Å². The van der Waals surface area contributed by atoms with E-state index in [0.29, 0.717) is 0 Å². The summed E-state index contributed by atoms with van der Waals surface area (Å²) in [6.45, 7) is 0. The predicted octanol–water partition coefficient (Wildman–Crippen LogP) is 17.5. The molecule has 3 heteroatoms. The first-order chi connectivity index (χ1) is 33.2. The summed E-state index contributed by atoms with van der Waals surface area (Å²) in [4.78, 5) is 2.34. The van der Waals surface area contributed by atoms with E-state index >= 15 is 0 Å². The molecule has 3 nitrogen and oxygen atoms in total. The summed E-state index contributed by atoms with van der Waals surface area (Å²) >= 11 is 0. The molecule has 0 unspecified atom stereocenters. The average Bonchev–Trinajstić information content (AvgIpc) is 3.93. The summed E-state index contributed by atoms with van der Waals surface area (Å²) in [7, 11) is 0. The van der Waals surface area contributed by atoms with Crippen molar-refractivity contribution in [2.75, 3.05) is 4.90 Å². The van der Waals surface area contributed by atoms with Crippen molar-refractivity contribution in [1.82, 2.24) is 9.13 Å². The van der Waals surface area contributed by atoms with Gasteiger partial charge in [0.25, 0.3) is 0 Å². The number of nitrogens with zero attached hydrogens (tertiary/aromatic N) is 3. The van der Waals surface area contributed by atoms with Crippen LogP contribution in [-0.4, -0.2) is 9.13 Å². The van der Waals surface area contributed by atoms with E-state index < -0.39 is 0 Å². The second-order valence-electron chi connectivity index (χ2n) is 17.3. The number of fused-ring (bicyclic) bond motifs is 8. The van der Waals surface area contributed by atoms with Gasteiger partial charge in [0.05, 0.1) is 22.1 Å².